The van der Waals surface area contributed by atoms with Gasteiger partial charge in [-0.25, -0.2) is 9.97 Å². The van der Waals surface area contributed by atoms with E-state index in [1.165, 1.54) is 0 Å². The van der Waals surface area contributed by atoms with Gasteiger partial charge >= 0.3 is 0 Å². The average molecular weight is 462 g/mol. The number of primary amides is 1. The number of hydrogen-bond donors (Lipinski definition) is 3. The fourth-order valence-electron chi connectivity index (χ4n) is 4.10. The molecule has 1 aliphatic rings. The first-order chi connectivity index (χ1) is 16.5. The minimum Gasteiger partial charge on any atom is -0.486 e. The fourth-order valence-corrected chi connectivity index (χ4v) is 4.10. The topological polar surface area (TPSA) is 133 Å². The van der Waals surface area contributed by atoms with Gasteiger partial charge in [-0.05, 0) is 29.7 Å². The quantitative estimate of drug-likeness (QED) is 0.367. The third-order valence-corrected chi connectivity index (χ3v) is 5.84. The zero-order valence-corrected chi connectivity index (χ0v) is 19.1. The van der Waals surface area contributed by atoms with E-state index in [1.54, 1.807) is 17.2 Å². The summed E-state index contributed by atoms with van der Waals surface area (Å²) in [5.41, 5.74) is 8.81. The van der Waals surface area contributed by atoms with Crippen molar-refractivity contribution in [2.75, 3.05) is 18.5 Å². The molecule has 0 radical (unpaired) electrons. The highest BCUT2D eigenvalue weighted by molar-refractivity contribution is 5.91. The summed E-state index contributed by atoms with van der Waals surface area (Å²) >= 11 is 0. The molecule has 3 aromatic heterocycles. The molecule has 34 heavy (non-hydrogen) atoms. The van der Waals surface area contributed by atoms with Crippen LogP contribution in [0.4, 0.5) is 5.82 Å². The van der Waals surface area contributed by atoms with Gasteiger partial charge in [-0.3, -0.25) is 9.48 Å². The molecule has 10 nitrogen and oxygen atoms in total. The lowest BCUT2D eigenvalue weighted by Crippen LogP contribution is -2.19. The number of aromatic nitrogens is 5. The Kier molecular flexibility index (Phi) is 5.79. The Morgan fingerprint density at radius 3 is 2.82 bits per heavy atom. The first kappa shape index (κ1) is 21.7. The van der Waals surface area contributed by atoms with Crippen molar-refractivity contribution in [3.63, 3.8) is 0 Å². The van der Waals surface area contributed by atoms with Crippen LogP contribution in [0.5, 0.6) is 11.5 Å². The first-order valence-corrected chi connectivity index (χ1v) is 11.3. The molecule has 0 aliphatic carbocycles. The van der Waals surface area contributed by atoms with Crippen LogP contribution in [0, 0.1) is 5.92 Å². The van der Waals surface area contributed by atoms with E-state index in [0.29, 0.717) is 19.8 Å². The molecule has 5 rings (SSSR count). The van der Waals surface area contributed by atoms with Gasteiger partial charge in [-0.1, -0.05) is 19.9 Å². The standard InChI is InChI=1S/C24H27N7O3/c1-14(2)22(15-3-4-19-20(9-15)34-8-7-33-19)30-24-17-10-18(29-23(17)26-13-27-24)16-11-28-31(12-16)6-5-21(25)32/h3-4,9-14,22H,5-8H2,1-2H3,(H2,25,32)(H2,26,27,29,30)/t22-/m1/s1. The number of carbonyl (C=O) groups excluding carboxylic acids is 1. The molecule has 4 N–H and O–H groups in total. The summed E-state index contributed by atoms with van der Waals surface area (Å²) in [4.78, 5) is 23.3. The van der Waals surface area contributed by atoms with E-state index in [1.807, 2.05) is 24.4 Å². The second kappa shape index (κ2) is 9.05. The Hall–Kier alpha value is -4.08. The predicted octanol–water partition coefficient (Wildman–Crippen LogP) is 3.28. The first-order valence-electron chi connectivity index (χ1n) is 11.3. The minimum atomic E-state index is -0.355. The van der Waals surface area contributed by atoms with Crippen molar-refractivity contribution in [3.05, 3.63) is 48.5 Å². The maximum atomic E-state index is 11.1. The molecule has 4 aromatic rings. The van der Waals surface area contributed by atoms with Gasteiger partial charge in [0.1, 0.15) is 31.0 Å². The highest BCUT2D eigenvalue weighted by Gasteiger charge is 2.21. The van der Waals surface area contributed by atoms with Gasteiger partial charge in [0.25, 0.3) is 0 Å². The number of aromatic amines is 1. The zero-order chi connectivity index (χ0) is 23.7. The zero-order valence-electron chi connectivity index (χ0n) is 19.1. The number of nitrogens with zero attached hydrogens (tertiary/aromatic N) is 4. The van der Waals surface area contributed by atoms with Crippen molar-refractivity contribution in [3.8, 4) is 22.8 Å². The smallest absolute Gasteiger partial charge is 0.219 e. The van der Waals surface area contributed by atoms with Crippen LogP contribution in [0.3, 0.4) is 0 Å². The van der Waals surface area contributed by atoms with Crippen LogP contribution in [-0.4, -0.2) is 43.9 Å². The molecule has 1 aliphatic heterocycles. The van der Waals surface area contributed by atoms with Gasteiger partial charge in [0.2, 0.25) is 5.91 Å². The predicted molar refractivity (Wildman–Crippen MR) is 128 cm³/mol. The van der Waals surface area contributed by atoms with Gasteiger partial charge in [-0.15, -0.1) is 0 Å². The molecule has 0 saturated heterocycles. The Morgan fingerprint density at radius 1 is 1.21 bits per heavy atom. The van der Waals surface area contributed by atoms with E-state index >= 15 is 0 Å². The third kappa shape index (κ3) is 4.39. The normalized spacial score (nSPS) is 13.9. The molecular weight excluding hydrogens is 434 g/mol. The maximum Gasteiger partial charge on any atom is 0.219 e. The summed E-state index contributed by atoms with van der Waals surface area (Å²) in [5.74, 6) is 2.21. The maximum absolute atomic E-state index is 11.1. The highest BCUT2D eigenvalue weighted by Crippen LogP contribution is 2.36. The van der Waals surface area contributed by atoms with Crippen molar-refractivity contribution >= 4 is 22.8 Å². The number of benzene rings is 1. The highest BCUT2D eigenvalue weighted by atomic mass is 16.6. The molecule has 0 saturated carbocycles. The van der Waals surface area contributed by atoms with Crippen LogP contribution in [0.25, 0.3) is 22.3 Å². The van der Waals surface area contributed by atoms with Crippen molar-refractivity contribution in [1.29, 1.82) is 0 Å². The van der Waals surface area contributed by atoms with E-state index < -0.39 is 0 Å². The lowest BCUT2D eigenvalue weighted by atomic mass is 9.95. The lowest BCUT2D eigenvalue weighted by Gasteiger charge is -2.26. The number of nitrogens with one attached hydrogen (secondary N) is 2. The van der Waals surface area contributed by atoms with Crippen LogP contribution >= 0.6 is 0 Å². The Morgan fingerprint density at radius 2 is 2.03 bits per heavy atom. The van der Waals surface area contributed by atoms with E-state index in [0.717, 1.165) is 45.2 Å². The molecule has 1 atom stereocenters. The minimum absolute atomic E-state index is 0.00354. The van der Waals surface area contributed by atoms with Crippen molar-refractivity contribution in [1.82, 2.24) is 24.7 Å². The SMILES string of the molecule is CC(C)[C@@H](Nc1ncnc2[nH]c(-c3cnn(CCC(N)=O)c3)cc12)c1ccc2c(c1)OCCO2. The van der Waals surface area contributed by atoms with E-state index in [9.17, 15) is 4.79 Å². The molecule has 1 amide bonds. The van der Waals surface area contributed by atoms with E-state index in [4.69, 9.17) is 15.2 Å². The van der Waals surface area contributed by atoms with Crippen LogP contribution in [-0.2, 0) is 11.3 Å². The van der Waals surface area contributed by atoms with Crippen molar-refractivity contribution in [2.24, 2.45) is 11.7 Å². The third-order valence-electron chi connectivity index (χ3n) is 5.84. The molecule has 10 heteroatoms. The lowest BCUT2D eigenvalue weighted by molar-refractivity contribution is -0.118. The summed E-state index contributed by atoms with van der Waals surface area (Å²) in [5, 5.41) is 8.81. The largest absolute Gasteiger partial charge is 0.486 e. The molecule has 176 valence electrons. The van der Waals surface area contributed by atoms with E-state index in [2.05, 4.69) is 45.3 Å². The van der Waals surface area contributed by atoms with Gasteiger partial charge in [0.15, 0.2) is 11.5 Å². The number of hydrogen-bond acceptors (Lipinski definition) is 7. The van der Waals surface area contributed by atoms with Gasteiger partial charge in [-0.2, -0.15) is 5.10 Å². The molecule has 0 bridgehead atoms. The molecule has 0 unspecified atom stereocenters. The van der Waals surface area contributed by atoms with Crippen molar-refractivity contribution in [2.45, 2.75) is 32.9 Å². The van der Waals surface area contributed by atoms with Gasteiger partial charge < -0.3 is 25.5 Å². The van der Waals surface area contributed by atoms with E-state index in [-0.39, 0.29) is 24.3 Å². The summed E-state index contributed by atoms with van der Waals surface area (Å²) in [6, 6.07) is 8.07. The average Bonchev–Trinajstić information content (AvgIpc) is 3.48. The van der Waals surface area contributed by atoms with Crippen LogP contribution < -0.4 is 20.5 Å². The summed E-state index contributed by atoms with van der Waals surface area (Å²) in [6.07, 6.45) is 5.41. The molecular formula is C24H27N7O3. The number of ether oxygens (including phenoxy) is 2. The molecule has 0 spiro atoms. The molecule has 4 heterocycles. The number of aryl methyl sites for hydroxylation is 1. The Labute approximate surface area is 196 Å². The van der Waals surface area contributed by atoms with Crippen LogP contribution in [0.1, 0.15) is 31.9 Å². The van der Waals surface area contributed by atoms with Gasteiger partial charge in [0, 0.05) is 24.7 Å². The monoisotopic (exact) mass is 461 g/mol. The number of rotatable bonds is 8. The second-order valence-electron chi connectivity index (χ2n) is 8.65. The Bertz CT molecular complexity index is 1330. The number of anilines is 1. The fraction of sp³-hybridized carbons (Fsp3) is 0.333. The Balaban J connectivity index is 1.43. The van der Waals surface area contributed by atoms with Crippen molar-refractivity contribution < 1.29 is 14.3 Å². The van der Waals surface area contributed by atoms with Crippen LogP contribution in [0.2, 0.25) is 0 Å². The van der Waals surface area contributed by atoms with Crippen LogP contribution in [0.15, 0.2) is 43.0 Å². The summed E-state index contributed by atoms with van der Waals surface area (Å²) < 4.78 is 13.2. The number of nitrogens with two attached hydrogens (primary N) is 1. The van der Waals surface area contributed by atoms with Gasteiger partial charge in [0.05, 0.1) is 23.3 Å². The summed E-state index contributed by atoms with van der Waals surface area (Å²) in [7, 11) is 0. The number of H-pyrrole nitrogens is 1. The molecule has 1 aromatic carbocycles. The summed E-state index contributed by atoms with van der Waals surface area (Å²) in [6.45, 7) is 5.88. The second-order valence-corrected chi connectivity index (χ2v) is 8.65. The number of amides is 1. The number of carbonyl (C=O) groups is 1. The number of fused-ring (bicyclic) bond motifs is 2. The molecule has 0 fully saturated rings.